The van der Waals surface area contributed by atoms with Crippen LogP contribution in [0.1, 0.15) is 38.7 Å². The van der Waals surface area contributed by atoms with Crippen LogP contribution in [0.25, 0.3) is 0 Å². The van der Waals surface area contributed by atoms with Crippen LogP contribution >= 0.6 is 0 Å². The Bertz CT molecular complexity index is 615. The van der Waals surface area contributed by atoms with E-state index in [1.165, 1.54) is 6.07 Å². The monoisotopic (exact) mass is 352 g/mol. The molecule has 0 aliphatic carbocycles. The third kappa shape index (κ3) is 4.55. The fourth-order valence-corrected chi connectivity index (χ4v) is 3.93. The minimum atomic E-state index is -0.867. The molecule has 2 aliphatic rings. The Kier molecular flexibility index (Phi) is 5.69. The van der Waals surface area contributed by atoms with E-state index in [0.717, 1.165) is 32.0 Å². The molecular weight excluding hydrogens is 326 g/mol. The predicted octanol–water partition coefficient (Wildman–Crippen LogP) is 2.96. The molecule has 1 aromatic rings. The van der Waals surface area contributed by atoms with Gasteiger partial charge in [-0.15, -0.1) is 0 Å². The van der Waals surface area contributed by atoms with Gasteiger partial charge < -0.3 is 9.64 Å². The highest BCUT2D eigenvalue weighted by atomic mass is 19.2. The van der Waals surface area contributed by atoms with Crippen LogP contribution in [0, 0.1) is 11.6 Å². The first-order valence-corrected chi connectivity index (χ1v) is 9.03. The minimum absolute atomic E-state index is 0.0848. The first kappa shape index (κ1) is 18.3. The van der Waals surface area contributed by atoms with Crippen LogP contribution < -0.4 is 0 Å². The molecule has 0 spiro atoms. The molecule has 0 bridgehead atoms. The summed E-state index contributed by atoms with van der Waals surface area (Å²) in [4.78, 5) is 16.6. The van der Waals surface area contributed by atoms with Crippen molar-refractivity contribution in [3.05, 3.63) is 35.4 Å². The van der Waals surface area contributed by atoms with Crippen molar-refractivity contribution in [2.24, 2.45) is 0 Å². The van der Waals surface area contributed by atoms with Crippen LogP contribution in [0.4, 0.5) is 8.78 Å². The number of likely N-dealkylation sites (tertiary alicyclic amines) is 1. The number of hydrogen-bond donors (Lipinski definition) is 0. The maximum absolute atomic E-state index is 13.4. The number of rotatable bonds is 3. The molecule has 0 saturated carbocycles. The average molecular weight is 352 g/mol. The molecule has 0 radical (unpaired) electrons. The summed E-state index contributed by atoms with van der Waals surface area (Å²) in [7, 11) is 0. The summed E-state index contributed by atoms with van der Waals surface area (Å²) in [5.74, 6) is -1.64. The molecule has 4 nitrogen and oxygen atoms in total. The van der Waals surface area contributed by atoms with Gasteiger partial charge in [-0.05, 0) is 44.4 Å². The zero-order chi connectivity index (χ0) is 18.0. The molecule has 0 N–H and O–H groups in total. The standard InChI is InChI=1S/C19H26F2N2O2/c1-13-10-23(11-14(2)25-13)16-4-6-19(24)22(8-7-16)12-15-3-5-17(20)18(21)9-15/h3,5,9,13-14,16H,4,6-8,10-12H2,1-2H3/t13-,14+,16?. The lowest BCUT2D eigenvalue weighted by atomic mass is 10.0. The van der Waals surface area contributed by atoms with E-state index >= 15 is 0 Å². The van der Waals surface area contributed by atoms with Gasteiger partial charge in [0.15, 0.2) is 11.6 Å². The molecule has 1 aromatic carbocycles. The summed E-state index contributed by atoms with van der Waals surface area (Å²) in [6.07, 6.45) is 2.65. The molecule has 2 saturated heterocycles. The number of carbonyl (C=O) groups excluding carboxylic acids is 1. The second-order valence-corrected chi connectivity index (χ2v) is 7.26. The summed E-state index contributed by atoms with van der Waals surface area (Å²) in [5.41, 5.74) is 0.624. The number of ether oxygens (including phenoxy) is 1. The molecule has 3 atom stereocenters. The summed E-state index contributed by atoms with van der Waals surface area (Å²) < 4.78 is 32.3. The van der Waals surface area contributed by atoms with Crippen LogP contribution in [0.15, 0.2) is 18.2 Å². The number of hydrogen-bond acceptors (Lipinski definition) is 3. The number of nitrogens with zero attached hydrogens (tertiary/aromatic N) is 2. The minimum Gasteiger partial charge on any atom is -0.373 e. The van der Waals surface area contributed by atoms with Gasteiger partial charge in [-0.25, -0.2) is 8.78 Å². The molecule has 0 aromatic heterocycles. The van der Waals surface area contributed by atoms with E-state index in [4.69, 9.17) is 4.74 Å². The third-order valence-electron chi connectivity index (χ3n) is 5.10. The highest BCUT2D eigenvalue weighted by Crippen LogP contribution is 2.23. The van der Waals surface area contributed by atoms with Crippen molar-refractivity contribution in [1.29, 1.82) is 0 Å². The number of benzene rings is 1. The molecule has 1 unspecified atom stereocenters. The molecule has 3 rings (SSSR count). The maximum atomic E-state index is 13.4. The van der Waals surface area contributed by atoms with Crippen molar-refractivity contribution in [2.75, 3.05) is 19.6 Å². The fourth-order valence-electron chi connectivity index (χ4n) is 3.93. The Morgan fingerprint density at radius 1 is 1.12 bits per heavy atom. The Morgan fingerprint density at radius 2 is 1.84 bits per heavy atom. The summed E-state index contributed by atoms with van der Waals surface area (Å²) in [5, 5.41) is 0. The fraction of sp³-hybridized carbons (Fsp3) is 0.632. The Morgan fingerprint density at radius 3 is 2.52 bits per heavy atom. The zero-order valence-corrected chi connectivity index (χ0v) is 14.9. The van der Waals surface area contributed by atoms with Crippen molar-refractivity contribution in [2.45, 2.75) is 57.9 Å². The Hall–Kier alpha value is -1.53. The Balaban J connectivity index is 1.62. The average Bonchev–Trinajstić information content (AvgIpc) is 2.73. The lowest BCUT2D eigenvalue weighted by Gasteiger charge is -2.40. The van der Waals surface area contributed by atoms with Gasteiger partial charge in [0.1, 0.15) is 0 Å². The summed E-state index contributed by atoms with van der Waals surface area (Å²) >= 11 is 0. The van der Waals surface area contributed by atoms with E-state index in [-0.39, 0.29) is 18.1 Å². The van der Waals surface area contributed by atoms with Crippen molar-refractivity contribution < 1.29 is 18.3 Å². The largest absolute Gasteiger partial charge is 0.373 e. The molecule has 2 heterocycles. The number of morpholine rings is 1. The number of amides is 1. The van der Waals surface area contributed by atoms with Crippen LogP contribution in [-0.2, 0) is 16.1 Å². The third-order valence-corrected chi connectivity index (χ3v) is 5.10. The second-order valence-electron chi connectivity index (χ2n) is 7.26. The Labute approximate surface area is 147 Å². The molecule has 2 fully saturated rings. The van der Waals surface area contributed by atoms with E-state index in [0.29, 0.717) is 31.1 Å². The quantitative estimate of drug-likeness (QED) is 0.838. The van der Waals surface area contributed by atoms with E-state index in [1.807, 2.05) is 0 Å². The second kappa shape index (κ2) is 7.79. The van der Waals surface area contributed by atoms with Crippen LogP contribution in [0.2, 0.25) is 0 Å². The lowest BCUT2D eigenvalue weighted by molar-refractivity contribution is -0.131. The highest BCUT2D eigenvalue weighted by molar-refractivity contribution is 5.76. The van der Waals surface area contributed by atoms with Crippen LogP contribution in [0.3, 0.4) is 0 Å². The normalized spacial score (nSPS) is 28.9. The van der Waals surface area contributed by atoms with Gasteiger partial charge in [0.05, 0.1) is 12.2 Å². The van der Waals surface area contributed by atoms with Gasteiger partial charge in [0.25, 0.3) is 0 Å². The van der Waals surface area contributed by atoms with Gasteiger partial charge >= 0.3 is 0 Å². The van der Waals surface area contributed by atoms with Gasteiger partial charge in [0.2, 0.25) is 5.91 Å². The smallest absolute Gasteiger partial charge is 0.222 e. The number of halogens is 2. The first-order valence-electron chi connectivity index (χ1n) is 9.03. The van der Waals surface area contributed by atoms with Gasteiger partial charge in [-0.2, -0.15) is 0 Å². The van der Waals surface area contributed by atoms with E-state index in [9.17, 15) is 13.6 Å². The van der Waals surface area contributed by atoms with E-state index < -0.39 is 11.6 Å². The van der Waals surface area contributed by atoms with Gasteiger partial charge in [0, 0.05) is 38.6 Å². The molecule has 25 heavy (non-hydrogen) atoms. The SMILES string of the molecule is C[C@@H]1CN(C2CCC(=O)N(Cc3ccc(F)c(F)c3)CC2)C[C@H](C)O1. The number of carbonyl (C=O) groups is 1. The van der Waals surface area contributed by atoms with Crippen molar-refractivity contribution in [3.8, 4) is 0 Å². The molecule has 2 aliphatic heterocycles. The van der Waals surface area contributed by atoms with E-state index in [2.05, 4.69) is 18.7 Å². The highest BCUT2D eigenvalue weighted by Gasteiger charge is 2.31. The van der Waals surface area contributed by atoms with Crippen LogP contribution in [-0.4, -0.2) is 53.6 Å². The summed E-state index contributed by atoms with van der Waals surface area (Å²) in [6, 6.07) is 4.20. The van der Waals surface area contributed by atoms with Crippen molar-refractivity contribution in [1.82, 2.24) is 9.80 Å². The van der Waals surface area contributed by atoms with E-state index in [1.54, 1.807) is 11.0 Å². The lowest BCUT2D eigenvalue weighted by Crippen LogP contribution is -2.50. The predicted molar refractivity (Wildman–Crippen MR) is 91.0 cm³/mol. The van der Waals surface area contributed by atoms with Gasteiger partial charge in [-0.1, -0.05) is 6.07 Å². The topological polar surface area (TPSA) is 32.8 Å². The molecular formula is C19H26F2N2O2. The molecule has 6 heteroatoms. The molecule has 138 valence electrons. The summed E-state index contributed by atoms with van der Waals surface area (Å²) in [6.45, 7) is 6.93. The van der Waals surface area contributed by atoms with Crippen molar-refractivity contribution in [3.63, 3.8) is 0 Å². The zero-order valence-electron chi connectivity index (χ0n) is 14.9. The first-order chi connectivity index (χ1) is 11.9. The van der Waals surface area contributed by atoms with Gasteiger partial charge in [-0.3, -0.25) is 9.69 Å². The van der Waals surface area contributed by atoms with Crippen LogP contribution in [0.5, 0.6) is 0 Å². The molecule has 1 amide bonds. The van der Waals surface area contributed by atoms with Crippen molar-refractivity contribution >= 4 is 5.91 Å². The maximum Gasteiger partial charge on any atom is 0.222 e.